The zero-order chi connectivity index (χ0) is 10.6. The Morgan fingerprint density at radius 2 is 2.20 bits per heavy atom. The van der Waals surface area contributed by atoms with Crippen LogP contribution < -0.4 is 0 Å². The lowest BCUT2D eigenvalue weighted by Gasteiger charge is -2.07. The lowest BCUT2D eigenvalue weighted by molar-refractivity contribution is 0.0694. The standard InChI is InChI=1S/C11H14N2O2/c1-13-4-7-8(5-13)12-10(6-2-3-6)9(7)11(14)15/h6,12H,2-5H2,1H3,(H,14,15). The molecule has 1 fully saturated rings. The van der Waals surface area contributed by atoms with E-state index in [2.05, 4.69) is 9.88 Å². The van der Waals surface area contributed by atoms with Crippen LogP contribution in [0.1, 0.15) is 46.1 Å². The van der Waals surface area contributed by atoms with Gasteiger partial charge in [-0.3, -0.25) is 4.90 Å². The summed E-state index contributed by atoms with van der Waals surface area (Å²) in [6.45, 7) is 1.61. The summed E-state index contributed by atoms with van der Waals surface area (Å²) in [5.74, 6) is -0.295. The zero-order valence-corrected chi connectivity index (χ0v) is 8.71. The van der Waals surface area contributed by atoms with E-state index in [4.69, 9.17) is 0 Å². The third-order valence-electron chi connectivity index (χ3n) is 3.28. The van der Waals surface area contributed by atoms with Crippen molar-refractivity contribution in [3.63, 3.8) is 0 Å². The molecule has 0 amide bonds. The van der Waals surface area contributed by atoms with Crippen LogP contribution in [0.5, 0.6) is 0 Å². The molecule has 3 rings (SSSR count). The molecule has 4 heteroatoms. The Kier molecular flexibility index (Phi) is 1.71. The fourth-order valence-corrected chi connectivity index (χ4v) is 2.44. The molecule has 0 radical (unpaired) electrons. The van der Waals surface area contributed by atoms with Crippen LogP contribution >= 0.6 is 0 Å². The summed E-state index contributed by atoms with van der Waals surface area (Å²) in [4.78, 5) is 16.7. The van der Waals surface area contributed by atoms with Gasteiger partial charge >= 0.3 is 5.97 Å². The number of aromatic amines is 1. The second kappa shape index (κ2) is 2.85. The van der Waals surface area contributed by atoms with Crippen LogP contribution in [-0.4, -0.2) is 28.0 Å². The Hall–Kier alpha value is -1.29. The molecule has 2 N–H and O–H groups in total. The van der Waals surface area contributed by atoms with E-state index < -0.39 is 5.97 Å². The molecule has 0 unspecified atom stereocenters. The molecule has 2 heterocycles. The maximum Gasteiger partial charge on any atom is 0.337 e. The highest BCUT2D eigenvalue weighted by atomic mass is 16.4. The van der Waals surface area contributed by atoms with Gasteiger partial charge in [-0.25, -0.2) is 4.79 Å². The van der Waals surface area contributed by atoms with Crippen LogP contribution in [0.15, 0.2) is 0 Å². The molecule has 0 aromatic carbocycles. The smallest absolute Gasteiger partial charge is 0.337 e. The number of nitrogens with one attached hydrogen (secondary N) is 1. The van der Waals surface area contributed by atoms with Crippen molar-refractivity contribution >= 4 is 5.97 Å². The molecule has 1 aliphatic carbocycles. The van der Waals surface area contributed by atoms with Gasteiger partial charge in [-0.1, -0.05) is 0 Å². The third kappa shape index (κ3) is 1.28. The molecule has 1 aromatic rings. The van der Waals surface area contributed by atoms with Gasteiger partial charge in [0.05, 0.1) is 5.56 Å². The van der Waals surface area contributed by atoms with Crippen molar-refractivity contribution in [2.45, 2.75) is 31.8 Å². The number of carbonyl (C=O) groups is 1. The summed E-state index contributed by atoms with van der Waals surface area (Å²) in [6.07, 6.45) is 2.27. The van der Waals surface area contributed by atoms with Gasteiger partial charge in [0, 0.05) is 30.0 Å². The van der Waals surface area contributed by atoms with E-state index in [-0.39, 0.29) is 0 Å². The van der Waals surface area contributed by atoms with Crippen LogP contribution in [0.4, 0.5) is 0 Å². The molecule has 2 aliphatic rings. The fraction of sp³-hybridized carbons (Fsp3) is 0.545. The van der Waals surface area contributed by atoms with Crippen molar-refractivity contribution < 1.29 is 9.90 Å². The number of aromatic nitrogens is 1. The predicted octanol–water partition coefficient (Wildman–Crippen LogP) is 1.54. The molecule has 1 aromatic heterocycles. The first-order valence-electron chi connectivity index (χ1n) is 5.32. The first kappa shape index (κ1) is 8.97. The van der Waals surface area contributed by atoms with Crippen molar-refractivity contribution in [3.05, 3.63) is 22.5 Å². The van der Waals surface area contributed by atoms with Crippen molar-refractivity contribution in [2.75, 3.05) is 7.05 Å². The Morgan fingerprint density at radius 1 is 1.47 bits per heavy atom. The Balaban J connectivity index is 2.11. The summed E-state index contributed by atoms with van der Waals surface area (Å²) in [5, 5.41) is 9.24. The molecule has 15 heavy (non-hydrogen) atoms. The molecule has 0 spiro atoms. The lowest BCUT2D eigenvalue weighted by atomic mass is 10.1. The number of fused-ring (bicyclic) bond motifs is 1. The maximum atomic E-state index is 11.2. The van der Waals surface area contributed by atoms with E-state index >= 15 is 0 Å². The summed E-state index contributed by atoms with van der Waals surface area (Å²) < 4.78 is 0. The molecule has 80 valence electrons. The van der Waals surface area contributed by atoms with Crippen LogP contribution in [0.3, 0.4) is 0 Å². The summed E-state index contributed by atoms with van der Waals surface area (Å²) in [7, 11) is 2.01. The molecular formula is C11H14N2O2. The van der Waals surface area contributed by atoms with Gasteiger partial charge in [-0.05, 0) is 25.8 Å². The molecule has 0 atom stereocenters. The minimum atomic E-state index is -0.773. The number of H-pyrrole nitrogens is 1. The zero-order valence-electron chi connectivity index (χ0n) is 8.71. The van der Waals surface area contributed by atoms with Gasteiger partial charge in [-0.2, -0.15) is 0 Å². The number of carboxylic acids is 1. The average molecular weight is 206 g/mol. The van der Waals surface area contributed by atoms with Gasteiger partial charge in [-0.15, -0.1) is 0 Å². The van der Waals surface area contributed by atoms with E-state index in [0.717, 1.165) is 42.9 Å². The highest BCUT2D eigenvalue weighted by molar-refractivity contribution is 5.92. The second-order valence-corrected chi connectivity index (χ2v) is 4.62. The molecule has 1 aliphatic heterocycles. The lowest BCUT2D eigenvalue weighted by Crippen LogP contribution is -2.11. The van der Waals surface area contributed by atoms with Crippen molar-refractivity contribution in [1.29, 1.82) is 0 Å². The average Bonchev–Trinajstić information content (AvgIpc) is 2.83. The molecular weight excluding hydrogens is 192 g/mol. The Labute approximate surface area is 87.9 Å². The van der Waals surface area contributed by atoms with Gasteiger partial charge < -0.3 is 10.1 Å². The molecule has 0 bridgehead atoms. The highest BCUT2D eigenvalue weighted by Gasteiger charge is 2.35. The first-order chi connectivity index (χ1) is 7.16. The van der Waals surface area contributed by atoms with E-state index in [1.165, 1.54) is 0 Å². The highest BCUT2D eigenvalue weighted by Crippen LogP contribution is 2.43. The molecule has 0 saturated heterocycles. The largest absolute Gasteiger partial charge is 0.478 e. The first-order valence-corrected chi connectivity index (χ1v) is 5.32. The normalized spacial score (nSPS) is 20.6. The fourth-order valence-electron chi connectivity index (χ4n) is 2.44. The van der Waals surface area contributed by atoms with Crippen molar-refractivity contribution in [2.24, 2.45) is 0 Å². The molecule has 4 nitrogen and oxygen atoms in total. The third-order valence-corrected chi connectivity index (χ3v) is 3.28. The minimum Gasteiger partial charge on any atom is -0.478 e. The van der Waals surface area contributed by atoms with E-state index in [9.17, 15) is 9.90 Å². The number of hydrogen-bond donors (Lipinski definition) is 2. The molecule has 1 saturated carbocycles. The maximum absolute atomic E-state index is 11.2. The van der Waals surface area contributed by atoms with Gasteiger partial charge in [0.15, 0.2) is 0 Å². The predicted molar refractivity (Wildman–Crippen MR) is 54.9 cm³/mol. The van der Waals surface area contributed by atoms with Crippen LogP contribution in [0, 0.1) is 0 Å². The number of nitrogens with zero attached hydrogens (tertiary/aromatic N) is 1. The summed E-state index contributed by atoms with van der Waals surface area (Å²) in [6, 6.07) is 0. The second-order valence-electron chi connectivity index (χ2n) is 4.62. The Bertz CT molecular complexity index is 432. The quantitative estimate of drug-likeness (QED) is 0.771. The van der Waals surface area contributed by atoms with Crippen molar-refractivity contribution in [1.82, 2.24) is 9.88 Å². The van der Waals surface area contributed by atoms with E-state index in [0.29, 0.717) is 11.5 Å². The monoisotopic (exact) mass is 206 g/mol. The van der Waals surface area contributed by atoms with Crippen molar-refractivity contribution in [3.8, 4) is 0 Å². The van der Waals surface area contributed by atoms with Gasteiger partial charge in [0.1, 0.15) is 0 Å². The van der Waals surface area contributed by atoms with Crippen LogP contribution in [0.2, 0.25) is 0 Å². The van der Waals surface area contributed by atoms with Gasteiger partial charge in [0.2, 0.25) is 0 Å². The number of hydrogen-bond acceptors (Lipinski definition) is 2. The summed E-state index contributed by atoms with van der Waals surface area (Å²) >= 11 is 0. The number of rotatable bonds is 2. The minimum absolute atomic E-state index is 0.479. The topological polar surface area (TPSA) is 56.3 Å². The van der Waals surface area contributed by atoms with E-state index in [1.54, 1.807) is 0 Å². The van der Waals surface area contributed by atoms with Crippen LogP contribution in [-0.2, 0) is 13.1 Å². The van der Waals surface area contributed by atoms with E-state index in [1.807, 2.05) is 7.05 Å². The Morgan fingerprint density at radius 3 is 2.80 bits per heavy atom. The SMILES string of the molecule is CN1Cc2[nH]c(C3CC3)c(C(=O)O)c2C1. The number of carboxylic acid groups (broad SMARTS) is 1. The van der Waals surface area contributed by atoms with Crippen LogP contribution in [0.25, 0.3) is 0 Å². The summed E-state index contributed by atoms with van der Waals surface area (Å²) in [5.41, 5.74) is 3.64. The van der Waals surface area contributed by atoms with Gasteiger partial charge in [0.25, 0.3) is 0 Å². The number of aromatic carboxylic acids is 1.